The Hall–Kier alpha value is -1.55. The third-order valence-corrected chi connectivity index (χ3v) is 3.81. The van der Waals surface area contributed by atoms with Crippen LogP contribution < -0.4 is 5.32 Å². The molecule has 1 aromatic rings. The summed E-state index contributed by atoms with van der Waals surface area (Å²) in [4.78, 5) is 11.3. The van der Waals surface area contributed by atoms with Crippen molar-refractivity contribution in [3.05, 3.63) is 29.3 Å². The fourth-order valence-corrected chi connectivity index (χ4v) is 2.38. The van der Waals surface area contributed by atoms with Crippen LogP contribution in [0.4, 0.5) is 5.69 Å². The summed E-state index contributed by atoms with van der Waals surface area (Å²) < 4.78 is 5.08. The third-order valence-electron chi connectivity index (χ3n) is 3.81. The maximum absolute atomic E-state index is 11.3. The average molecular weight is 263 g/mol. The van der Waals surface area contributed by atoms with Crippen LogP contribution in [0.3, 0.4) is 0 Å². The second-order valence-corrected chi connectivity index (χ2v) is 5.09. The van der Waals surface area contributed by atoms with E-state index in [4.69, 9.17) is 4.74 Å². The van der Waals surface area contributed by atoms with Crippen molar-refractivity contribution >= 4 is 11.7 Å². The molecule has 1 aliphatic heterocycles. The molecule has 0 aromatic heterocycles. The number of hydrogen-bond acceptors (Lipinski definition) is 3. The van der Waals surface area contributed by atoms with Gasteiger partial charge in [0.05, 0.1) is 13.2 Å². The van der Waals surface area contributed by atoms with Crippen LogP contribution in [-0.2, 0) is 22.4 Å². The van der Waals surface area contributed by atoms with Gasteiger partial charge in [-0.1, -0.05) is 32.0 Å². The van der Waals surface area contributed by atoms with E-state index < -0.39 is 11.4 Å². The first-order chi connectivity index (χ1) is 9.13. The van der Waals surface area contributed by atoms with E-state index in [1.54, 1.807) is 0 Å². The Labute approximate surface area is 113 Å². The summed E-state index contributed by atoms with van der Waals surface area (Å²) in [6, 6.07) is 6.24. The Morgan fingerprint density at radius 3 is 2.26 bits per heavy atom. The van der Waals surface area contributed by atoms with Crippen molar-refractivity contribution in [1.82, 2.24) is 0 Å². The zero-order valence-corrected chi connectivity index (χ0v) is 11.5. The number of carboxylic acids is 1. The third kappa shape index (κ3) is 2.59. The van der Waals surface area contributed by atoms with E-state index in [0.717, 1.165) is 18.5 Å². The number of aryl methyl sites for hydroxylation is 2. The highest BCUT2D eigenvalue weighted by Crippen LogP contribution is 2.30. The van der Waals surface area contributed by atoms with Crippen molar-refractivity contribution in [2.45, 2.75) is 26.7 Å². The molecule has 0 bridgehead atoms. The molecule has 2 rings (SSSR count). The summed E-state index contributed by atoms with van der Waals surface area (Å²) in [5, 5.41) is 12.6. The summed E-state index contributed by atoms with van der Waals surface area (Å²) in [5.41, 5.74) is 2.81. The maximum atomic E-state index is 11.3. The standard InChI is InChI=1S/C15H21NO3/c1-3-11-6-5-7-12(4-2)13(11)16-8-15(14(17)18)9-19-10-15/h5-7,16H,3-4,8-10H2,1-2H3,(H,17,18). The van der Waals surface area contributed by atoms with Crippen molar-refractivity contribution in [2.75, 3.05) is 25.1 Å². The highest BCUT2D eigenvalue weighted by molar-refractivity contribution is 5.77. The van der Waals surface area contributed by atoms with Crippen LogP contribution in [0, 0.1) is 5.41 Å². The zero-order chi connectivity index (χ0) is 13.9. The molecule has 104 valence electrons. The van der Waals surface area contributed by atoms with Crippen molar-refractivity contribution in [2.24, 2.45) is 5.41 Å². The Bertz CT molecular complexity index is 444. The van der Waals surface area contributed by atoms with E-state index in [1.165, 1.54) is 11.1 Å². The Morgan fingerprint density at radius 2 is 1.89 bits per heavy atom. The van der Waals surface area contributed by atoms with Crippen LogP contribution in [-0.4, -0.2) is 30.8 Å². The highest BCUT2D eigenvalue weighted by atomic mass is 16.5. The minimum atomic E-state index is -0.779. The molecule has 1 heterocycles. The Kier molecular flexibility index (Phi) is 4.10. The van der Waals surface area contributed by atoms with Gasteiger partial charge < -0.3 is 15.2 Å². The molecular weight excluding hydrogens is 242 g/mol. The van der Waals surface area contributed by atoms with Gasteiger partial charge in [-0.05, 0) is 24.0 Å². The smallest absolute Gasteiger partial charge is 0.316 e. The van der Waals surface area contributed by atoms with E-state index in [0.29, 0.717) is 19.8 Å². The molecule has 4 nitrogen and oxygen atoms in total. The number of anilines is 1. The topological polar surface area (TPSA) is 58.6 Å². The number of carbonyl (C=O) groups is 1. The predicted octanol–water partition coefficient (Wildman–Crippen LogP) is 2.32. The fourth-order valence-electron chi connectivity index (χ4n) is 2.38. The van der Waals surface area contributed by atoms with Gasteiger partial charge in [-0.3, -0.25) is 4.79 Å². The van der Waals surface area contributed by atoms with Gasteiger partial charge in [-0.15, -0.1) is 0 Å². The number of aliphatic carboxylic acids is 1. The number of carboxylic acid groups (broad SMARTS) is 1. The van der Waals surface area contributed by atoms with Crippen molar-refractivity contribution < 1.29 is 14.6 Å². The minimum Gasteiger partial charge on any atom is -0.481 e. The first-order valence-electron chi connectivity index (χ1n) is 6.78. The quantitative estimate of drug-likeness (QED) is 0.827. The molecule has 1 fully saturated rings. The maximum Gasteiger partial charge on any atom is 0.316 e. The molecule has 1 aromatic carbocycles. The lowest BCUT2D eigenvalue weighted by atomic mass is 9.85. The molecule has 0 amide bonds. The number of para-hydroxylation sites is 1. The summed E-state index contributed by atoms with van der Waals surface area (Å²) in [6.45, 7) is 5.24. The van der Waals surface area contributed by atoms with Crippen LogP contribution in [0.5, 0.6) is 0 Å². The first kappa shape index (κ1) is 13.9. The van der Waals surface area contributed by atoms with Gasteiger partial charge >= 0.3 is 5.97 Å². The van der Waals surface area contributed by atoms with Gasteiger partial charge in [0.15, 0.2) is 0 Å². The molecule has 0 spiro atoms. The average Bonchev–Trinajstić information content (AvgIpc) is 2.36. The molecule has 0 radical (unpaired) electrons. The fraction of sp³-hybridized carbons (Fsp3) is 0.533. The lowest BCUT2D eigenvalue weighted by Gasteiger charge is -2.38. The molecule has 4 heteroatoms. The normalized spacial score (nSPS) is 16.7. The molecule has 2 N–H and O–H groups in total. The van der Waals surface area contributed by atoms with Crippen molar-refractivity contribution in [3.8, 4) is 0 Å². The Balaban J connectivity index is 2.17. The monoisotopic (exact) mass is 263 g/mol. The molecule has 1 saturated heterocycles. The predicted molar refractivity (Wildman–Crippen MR) is 74.6 cm³/mol. The lowest BCUT2D eigenvalue weighted by molar-refractivity contribution is -0.176. The largest absolute Gasteiger partial charge is 0.481 e. The highest BCUT2D eigenvalue weighted by Gasteiger charge is 2.46. The van der Waals surface area contributed by atoms with Crippen molar-refractivity contribution in [3.63, 3.8) is 0 Å². The summed E-state index contributed by atoms with van der Waals surface area (Å²) in [6.07, 6.45) is 1.87. The summed E-state index contributed by atoms with van der Waals surface area (Å²) >= 11 is 0. The first-order valence-corrected chi connectivity index (χ1v) is 6.78. The van der Waals surface area contributed by atoms with Crippen LogP contribution >= 0.6 is 0 Å². The number of rotatable bonds is 6. The van der Waals surface area contributed by atoms with E-state index in [-0.39, 0.29) is 0 Å². The molecule has 0 saturated carbocycles. The van der Waals surface area contributed by atoms with Gasteiger partial charge in [0.2, 0.25) is 0 Å². The molecule has 0 unspecified atom stereocenters. The van der Waals surface area contributed by atoms with Crippen LogP contribution in [0.1, 0.15) is 25.0 Å². The number of hydrogen-bond donors (Lipinski definition) is 2. The lowest BCUT2D eigenvalue weighted by Crippen LogP contribution is -2.53. The van der Waals surface area contributed by atoms with E-state index in [2.05, 4.69) is 37.4 Å². The molecule has 19 heavy (non-hydrogen) atoms. The van der Waals surface area contributed by atoms with Gasteiger partial charge in [0.1, 0.15) is 5.41 Å². The molecule has 0 aliphatic carbocycles. The number of ether oxygens (including phenoxy) is 1. The number of nitrogens with one attached hydrogen (secondary N) is 1. The Morgan fingerprint density at radius 1 is 1.32 bits per heavy atom. The molecular formula is C15H21NO3. The van der Waals surface area contributed by atoms with Crippen LogP contribution in [0.25, 0.3) is 0 Å². The SMILES string of the molecule is CCc1cccc(CC)c1NCC1(C(=O)O)COC1. The number of benzene rings is 1. The van der Waals surface area contributed by atoms with E-state index >= 15 is 0 Å². The molecule has 1 aliphatic rings. The van der Waals surface area contributed by atoms with Gasteiger partial charge in [0.25, 0.3) is 0 Å². The second kappa shape index (κ2) is 5.61. The van der Waals surface area contributed by atoms with Gasteiger partial charge in [-0.25, -0.2) is 0 Å². The second-order valence-electron chi connectivity index (χ2n) is 5.09. The zero-order valence-electron chi connectivity index (χ0n) is 11.5. The summed E-state index contributed by atoms with van der Waals surface area (Å²) in [5.74, 6) is -0.779. The van der Waals surface area contributed by atoms with Gasteiger partial charge in [0, 0.05) is 12.2 Å². The van der Waals surface area contributed by atoms with Crippen LogP contribution in [0.15, 0.2) is 18.2 Å². The van der Waals surface area contributed by atoms with E-state index in [9.17, 15) is 9.90 Å². The van der Waals surface area contributed by atoms with E-state index in [1.807, 2.05) is 0 Å². The van der Waals surface area contributed by atoms with Crippen LogP contribution in [0.2, 0.25) is 0 Å². The molecule has 0 atom stereocenters. The van der Waals surface area contributed by atoms with Crippen molar-refractivity contribution in [1.29, 1.82) is 0 Å². The minimum absolute atomic E-state index is 0.297. The summed E-state index contributed by atoms with van der Waals surface area (Å²) in [7, 11) is 0. The van der Waals surface area contributed by atoms with Gasteiger partial charge in [-0.2, -0.15) is 0 Å².